The molecule has 0 spiro atoms. The summed E-state index contributed by atoms with van der Waals surface area (Å²) in [7, 11) is 0. The lowest BCUT2D eigenvalue weighted by Crippen LogP contribution is -2.38. The predicted octanol–water partition coefficient (Wildman–Crippen LogP) is 3.87. The number of ether oxygens (including phenoxy) is 1. The number of esters is 1. The Labute approximate surface area is 190 Å². The second kappa shape index (κ2) is 10.1. The number of amides is 4. The van der Waals surface area contributed by atoms with Crippen LogP contribution in [0.3, 0.4) is 0 Å². The highest BCUT2D eigenvalue weighted by molar-refractivity contribution is 6.31. The minimum Gasteiger partial charge on any atom is -0.462 e. The molecule has 2 aromatic rings. The van der Waals surface area contributed by atoms with Crippen LogP contribution in [0.1, 0.15) is 23.7 Å². The number of imide groups is 1. The Bertz CT molecular complexity index is 1050. The third-order valence-corrected chi connectivity index (χ3v) is 5.00. The number of carbonyl (C=O) groups excluding carboxylic acids is 4. The third-order valence-electron chi connectivity index (χ3n) is 4.77. The monoisotopic (exact) mass is 455 g/mol. The van der Waals surface area contributed by atoms with E-state index in [1.807, 2.05) is 0 Å². The lowest BCUT2D eigenvalue weighted by atomic mass is 10.1. The molecule has 9 heteroatoms. The maximum Gasteiger partial charge on any atom is 0.338 e. The maximum absolute atomic E-state index is 13.0. The van der Waals surface area contributed by atoms with Gasteiger partial charge in [-0.15, -0.1) is 6.58 Å². The van der Waals surface area contributed by atoms with Crippen molar-refractivity contribution < 1.29 is 23.9 Å². The molecule has 0 saturated carbocycles. The molecule has 0 bridgehead atoms. The van der Waals surface area contributed by atoms with Gasteiger partial charge in [-0.2, -0.15) is 0 Å². The number of carbonyl (C=O) groups is 4. The van der Waals surface area contributed by atoms with Gasteiger partial charge in [0.05, 0.1) is 24.3 Å². The highest BCUT2D eigenvalue weighted by atomic mass is 35.5. The summed E-state index contributed by atoms with van der Waals surface area (Å²) >= 11 is 6.00. The molecule has 0 unspecified atom stereocenters. The van der Waals surface area contributed by atoms with Gasteiger partial charge < -0.3 is 15.0 Å². The fourth-order valence-electron chi connectivity index (χ4n) is 3.32. The van der Waals surface area contributed by atoms with Crippen LogP contribution < -0.4 is 10.2 Å². The predicted molar refractivity (Wildman–Crippen MR) is 121 cm³/mol. The van der Waals surface area contributed by atoms with E-state index in [-0.39, 0.29) is 19.6 Å². The molecular weight excluding hydrogens is 434 g/mol. The van der Waals surface area contributed by atoms with Crippen LogP contribution in [-0.4, -0.2) is 47.9 Å². The highest BCUT2D eigenvalue weighted by Crippen LogP contribution is 2.28. The SMILES string of the molecule is C=CCN1C(=O)N(c2cccc(Cl)c2)C(=O)[C@H]1CC(=O)Nc1ccc(C(=O)OCC)cc1. The molecule has 1 N–H and O–H groups in total. The normalized spacial score (nSPS) is 15.6. The number of anilines is 2. The molecule has 1 fully saturated rings. The molecule has 0 aliphatic carbocycles. The quantitative estimate of drug-likeness (QED) is 0.370. The van der Waals surface area contributed by atoms with Gasteiger partial charge in [-0.1, -0.05) is 23.7 Å². The van der Waals surface area contributed by atoms with Gasteiger partial charge in [-0.05, 0) is 49.4 Å². The van der Waals surface area contributed by atoms with Gasteiger partial charge >= 0.3 is 12.0 Å². The highest BCUT2D eigenvalue weighted by Gasteiger charge is 2.46. The maximum atomic E-state index is 13.0. The molecule has 3 rings (SSSR count). The van der Waals surface area contributed by atoms with E-state index in [1.54, 1.807) is 37.3 Å². The molecular formula is C23H22ClN3O5. The van der Waals surface area contributed by atoms with Crippen LogP contribution in [0, 0.1) is 0 Å². The lowest BCUT2D eigenvalue weighted by Gasteiger charge is -2.19. The van der Waals surface area contributed by atoms with Gasteiger partial charge in [0.25, 0.3) is 5.91 Å². The number of halogens is 1. The fraction of sp³-hybridized carbons (Fsp3) is 0.217. The van der Waals surface area contributed by atoms with Gasteiger partial charge in [0, 0.05) is 17.3 Å². The van der Waals surface area contributed by atoms with Crippen molar-refractivity contribution >= 4 is 46.8 Å². The first-order chi connectivity index (χ1) is 15.3. The van der Waals surface area contributed by atoms with Crippen LogP contribution in [0.15, 0.2) is 61.2 Å². The summed E-state index contributed by atoms with van der Waals surface area (Å²) < 4.78 is 4.93. The standard InChI is InChI=1S/C23H22ClN3O5/c1-3-12-26-19(21(29)27(23(26)31)18-7-5-6-16(24)13-18)14-20(28)25-17-10-8-15(9-11-17)22(30)32-4-2/h3,5-11,13,19H,1,4,12,14H2,2H3,(H,25,28)/t19-/m1/s1. The first-order valence-electron chi connectivity index (χ1n) is 9.93. The number of hydrogen-bond acceptors (Lipinski definition) is 5. The number of hydrogen-bond donors (Lipinski definition) is 1. The Morgan fingerprint density at radius 1 is 1.19 bits per heavy atom. The fourth-order valence-corrected chi connectivity index (χ4v) is 3.51. The number of nitrogens with one attached hydrogen (secondary N) is 1. The van der Waals surface area contributed by atoms with E-state index in [4.69, 9.17) is 16.3 Å². The van der Waals surface area contributed by atoms with E-state index < -0.39 is 29.9 Å². The van der Waals surface area contributed by atoms with Crippen LogP contribution in [0.25, 0.3) is 0 Å². The Balaban J connectivity index is 1.73. The summed E-state index contributed by atoms with van der Waals surface area (Å²) in [6.45, 7) is 5.71. The summed E-state index contributed by atoms with van der Waals surface area (Å²) in [6.07, 6.45) is 1.25. The van der Waals surface area contributed by atoms with Gasteiger partial charge in [-0.25, -0.2) is 14.5 Å². The van der Waals surface area contributed by atoms with E-state index in [0.717, 1.165) is 4.90 Å². The average molecular weight is 456 g/mol. The topological polar surface area (TPSA) is 96.0 Å². The van der Waals surface area contributed by atoms with Crippen LogP contribution in [-0.2, 0) is 14.3 Å². The molecule has 166 valence electrons. The number of benzene rings is 2. The van der Waals surface area contributed by atoms with E-state index in [1.165, 1.54) is 29.2 Å². The van der Waals surface area contributed by atoms with Gasteiger partial charge in [0.2, 0.25) is 5.91 Å². The Morgan fingerprint density at radius 2 is 1.91 bits per heavy atom. The Morgan fingerprint density at radius 3 is 2.53 bits per heavy atom. The van der Waals surface area contributed by atoms with Crippen molar-refractivity contribution in [2.45, 2.75) is 19.4 Å². The summed E-state index contributed by atoms with van der Waals surface area (Å²) in [6, 6.07) is 11.0. The van der Waals surface area contributed by atoms with Crippen molar-refractivity contribution in [2.24, 2.45) is 0 Å². The minimum atomic E-state index is -0.988. The number of urea groups is 1. The third kappa shape index (κ3) is 4.97. The second-order valence-corrected chi connectivity index (χ2v) is 7.38. The second-order valence-electron chi connectivity index (χ2n) is 6.94. The van der Waals surface area contributed by atoms with Crippen molar-refractivity contribution in [1.29, 1.82) is 0 Å². The summed E-state index contributed by atoms with van der Waals surface area (Å²) in [4.78, 5) is 52.6. The molecule has 1 atom stereocenters. The number of rotatable bonds is 8. The smallest absolute Gasteiger partial charge is 0.338 e. The first kappa shape index (κ1) is 23.0. The van der Waals surface area contributed by atoms with Crippen LogP contribution in [0.2, 0.25) is 5.02 Å². The minimum absolute atomic E-state index is 0.105. The molecule has 2 aromatic carbocycles. The van der Waals surface area contributed by atoms with Gasteiger partial charge in [0.1, 0.15) is 6.04 Å². The average Bonchev–Trinajstić information content (AvgIpc) is 2.98. The largest absolute Gasteiger partial charge is 0.462 e. The molecule has 1 aliphatic heterocycles. The van der Waals surface area contributed by atoms with Crippen LogP contribution in [0.5, 0.6) is 0 Å². The van der Waals surface area contributed by atoms with Crippen molar-refractivity contribution in [1.82, 2.24) is 4.90 Å². The van der Waals surface area contributed by atoms with E-state index in [9.17, 15) is 19.2 Å². The molecule has 8 nitrogen and oxygen atoms in total. The summed E-state index contributed by atoms with van der Waals surface area (Å²) in [5.74, 6) is -1.43. The number of nitrogens with zero attached hydrogens (tertiary/aromatic N) is 2. The Hall–Kier alpha value is -3.65. The van der Waals surface area contributed by atoms with Crippen molar-refractivity contribution in [3.05, 3.63) is 71.8 Å². The Kier molecular flexibility index (Phi) is 7.27. The van der Waals surface area contributed by atoms with E-state index in [2.05, 4.69) is 11.9 Å². The molecule has 32 heavy (non-hydrogen) atoms. The zero-order valence-corrected chi connectivity index (χ0v) is 18.2. The molecule has 1 saturated heterocycles. The zero-order chi connectivity index (χ0) is 23.3. The van der Waals surface area contributed by atoms with E-state index in [0.29, 0.717) is 22.0 Å². The van der Waals surface area contributed by atoms with Crippen molar-refractivity contribution in [2.75, 3.05) is 23.4 Å². The molecule has 0 aromatic heterocycles. The zero-order valence-electron chi connectivity index (χ0n) is 17.4. The van der Waals surface area contributed by atoms with Gasteiger partial charge in [-0.3, -0.25) is 9.59 Å². The van der Waals surface area contributed by atoms with E-state index >= 15 is 0 Å². The van der Waals surface area contributed by atoms with Crippen molar-refractivity contribution in [3.63, 3.8) is 0 Å². The van der Waals surface area contributed by atoms with Crippen molar-refractivity contribution in [3.8, 4) is 0 Å². The van der Waals surface area contributed by atoms with Gasteiger partial charge in [0.15, 0.2) is 0 Å². The molecule has 4 amide bonds. The molecule has 1 heterocycles. The molecule has 0 radical (unpaired) electrons. The first-order valence-corrected chi connectivity index (χ1v) is 10.3. The molecule has 1 aliphatic rings. The summed E-state index contributed by atoms with van der Waals surface area (Å²) in [5, 5.41) is 3.06. The van der Waals surface area contributed by atoms with Crippen LogP contribution in [0.4, 0.5) is 16.2 Å². The lowest BCUT2D eigenvalue weighted by molar-refractivity contribution is -0.124. The van der Waals surface area contributed by atoms with Crippen LogP contribution >= 0.6 is 11.6 Å². The summed E-state index contributed by atoms with van der Waals surface area (Å²) in [5.41, 5.74) is 1.14.